The summed E-state index contributed by atoms with van der Waals surface area (Å²) in [6, 6.07) is 9.39. The first kappa shape index (κ1) is 13.4. The number of fused-ring (bicyclic) bond motifs is 1. The predicted molar refractivity (Wildman–Crippen MR) is 83.1 cm³/mol. The molecular formula is C14H11BrClN3O. The summed E-state index contributed by atoms with van der Waals surface area (Å²) in [5, 5.41) is 6.41. The molecule has 2 heterocycles. The molecule has 0 aliphatic carbocycles. The fourth-order valence-corrected chi connectivity index (χ4v) is 2.63. The lowest BCUT2D eigenvalue weighted by atomic mass is 10.1. The maximum atomic E-state index is 12.2. The third-order valence-electron chi connectivity index (χ3n) is 3.15. The van der Waals surface area contributed by atoms with E-state index in [9.17, 15) is 4.79 Å². The Morgan fingerprint density at radius 3 is 3.00 bits per heavy atom. The summed E-state index contributed by atoms with van der Waals surface area (Å²) in [6.07, 6.45) is 2.22. The van der Waals surface area contributed by atoms with Crippen LogP contribution in [0.4, 0.5) is 11.4 Å². The van der Waals surface area contributed by atoms with Crippen molar-refractivity contribution in [1.82, 2.24) is 4.98 Å². The summed E-state index contributed by atoms with van der Waals surface area (Å²) in [7, 11) is 0. The highest BCUT2D eigenvalue weighted by atomic mass is 79.9. The number of amides is 1. The number of nitrogens with one attached hydrogen (secondary N) is 2. The van der Waals surface area contributed by atoms with Crippen molar-refractivity contribution in [3.8, 4) is 0 Å². The number of aromatic nitrogens is 1. The molecule has 1 aromatic heterocycles. The monoisotopic (exact) mass is 351 g/mol. The number of para-hydroxylation sites is 1. The molecule has 1 aliphatic heterocycles. The average Bonchev–Trinajstić information content (AvgIpc) is 2.87. The fraction of sp³-hybridized carbons (Fsp3) is 0.143. The lowest BCUT2D eigenvalue weighted by Crippen LogP contribution is -2.32. The highest BCUT2D eigenvalue weighted by Crippen LogP contribution is 2.27. The van der Waals surface area contributed by atoms with Gasteiger partial charge in [0.25, 0.3) is 0 Å². The van der Waals surface area contributed by atoms with E-state index in [4.69, 9.17) is 11.6 Å². The Morgan fingerprint density at radius 2 is 2.25 bits per heavy atom. The summed E-state index contributed by atoms with van der Waals surface area (Å²) < 4.78 is 0.652. The molecule has 0 saturated carbocycles. The fourth-order valence-electron chi connectivity index (χ4n) is 2.17. The molecule has 102 valence electrons. The molecule has 4 nitrogen and oxygen atoms in total. The van der Waals surface area contributed by atoms with Crippen molar-refractivity contribution in [2.24, 2.45) is 0 Å². The first-order chi connectivity index (χ1) is 9.63. The van der Waals surface area contributed by atoms with Gasteiger partial charge >= 0.3 is 0 Å². The zero-order valence-corrected chi connectivity index (χ0v) is 12.7. The van der Waals surface area contributed by atoms with E-state index in [2.05, 4.69) is 31.5 Å². The summed E-state index contributed by atoms with van der Waals surface area (Å²) in [5.74, 6) is -0.0859. The van der Waals surface area contributed by atoms with Crippen LogP contribution in [0.5, 0.6) is 0 Å². The second-order valence-electron chi connectivity index (χ2n) is 4.54. The smallest absolute Gasteiger partial charge is 0.247 e. The van der Waals surface area contributed by atoms with E-state index in [-0.39, 0.29) is 11.9 Å². The minimum Gasteiger partial charge on any atom is -0.373 e. The van der Waals surface area contributed by atoms with Crippen molar-refractivity contribution in [2.75, 3.05) is 10.6 Å². The average molecular weight is 353 g/mol. The number of pyridine rings is 1. The van der Waals surface area contributed by atoms with E-state index in [1.165, 1.54) is 6.20 Å². The third kappa shape index (κ3) is 2.64. The molecule has 3 rings (SSSR count). The standard InChI is InChI=1S/C14H11BrClN3O/c15-10-6-9(7-17-13(10)16)18-14(20)12-5-8-3-1-2-4-11(8)19-12/h1-4,6-7,12,19H,5H2,(H,18,20). The molecule has 6 heteroatoms. The lowest BCUT2D eigenvalue weighted by Gasteiger charge is -2.12. The number of hydrogen-bond acceptors (Lipinski definition) is 3. The van der Waals surface area contributed by atoms with Crippen molar-refractivity contribution < 1.29 is 4.79 Å². The minimum atomic E-state index is -0.262. The van der Waals surface area contributed by atoms with E-state index in [1.54, 1.807) is 6.07 Å². The van der Waals surface area contributed by atoms with E-state index in [0.29, 0.717) is 21.7 Å². The number of rotatable bonds is 2. The number of carbonyl (C=O) groups is 1. The number of carbonyl (C=O) groups excluding carboxylic acids is 1. The SMILES string of the molecule is O=C(Nc1cnc(Cl)c(Br)c1)C1Cc2ccccc2N1. The number of benzene rings is 1. The van der Waals surface area contributed by atoms with Crippen LogP contribution in [0.15, 0.2) is 41.0 Å². The van der Waals surface area contributed by atoms with Crippen LogP contribution < -0.4 is 10.6 Å². The quantitative estimate of drug-likeness (QED) is 0.814. The van der Waals surface area contributed by atoms with Gasteiger partial charge in [0.05, 0.1) is 16.4 Å². The van der Waals surface area contributed by atoms with Gasteiger partial charge in [-0.25, -0.2) is 4.98 Å². The Labute approximate surface area is 129 Å². The predicted octanol–water partition coefficient (Wildman–Crippen LogP) is 3.47. The van der Waals surface area contributed by atoms with E-state index in [1.807, 2.05) is 24.3 Å². The number of nitrogens with zero attached hydrogens (tertiary/aromatic N) is 1. The number of halogens is 2. The molecule has 1 unspecified atom stereocenters. The van der Waals surface area contributed by atoms with Crippen LogP contribution in [0.1, 0.15) is 5.56 Å². The number of hydrogen-bond donors (Lipinski definition) is 2. The molecule has 2 aromatic rings. The van der Waals surface area contributed by atoms with Gasteiger partial charge in [0.1, 0.15) is 11.2 Å². The highest BCUT2D eigenvalue weighted by molar-refractivity contribution is 9.10. The van der Waals surface area contributed by atoms with Gasteiger partial charge in [0.2, 0.25) is 5.91 Å². The Kier molecular flexibility index (Phi) is 3.63. The van der Waals surface area contributed by atoms with Crippen molar-refractivity contribution in [2.45, 2.75) is 12.5 Å². The molecule has 0 fully saturated rings. The van der Waals surface area contributed by atoms with Crippen LogP contribution in [-0.4, -0.2) is 16.9 Å². The molecule has 1 aromatic carbocycles. The van der Waals surface area contributed by atoms with E-state index >= 15 is 0 Å². The zero-order chi connectivity index (χ0) is 14.1. The summed E-state index contributed by atoms with van der Waals surface area (Å²) in [5.41, 5.74) is 2.79. The molecule has 0 bridgehead atoms. The second-order valence-corrected chi connectivity index (χ2v) is 5.76. The maximum absolute atomic E-state index is 12.2. The molecule has 0 saturated heterocycles. The largest absolute Gasteiger partial charge is 0.373 e. The van der Waals surface area contributed by atoms with Gasteiger partial charge in [-0.3, -0.25) is 4.79 Å². The van der Waals surface area contributed by atoms with Gasteiger partial charge < -0.3 is 10.6 Å². The molecule has 1 amide bonds. The van der Waals surface area contributed by atoms with Gasteiger partial charge in [-0.05, 0) is 33.6 Å². The topological polar surface area (TPSA) is 54.0 Å². The molecule has 0 spiro atoms. The second kappa shape index (κ2) is 5.42. The van der Waals surface area contributed by atoms with Gasteiger partial charge in [0, 0.05) is 12.1 Å². The van der Waals surface area contributed by atoms with Gasteiger partial charge in [-0.2, -0.15) is 0 Å². The highest BCUT2D eigenvalue weighted by Gasteiger charge is 2.26. The first-order valence-electron chi connectivity index (χ1n) is 6.10. The van der Waals surface area contributed by atoms with Crippen molar-refractivity contribution >= 4 is 44.8 Å². The summed E-state index contributed by atoms with van der Waals surface area (Å²) in [4.78, 5) is 16.2. The van der Waals surface area contributed by atoms with Crippen LogP contribution in [0.2, 0.25) is 5.15 Å². The lowest BCUT2D eigenvalue weighted by molar-refractivity contribution is -0.116. The van der Waals surface area contributed by atoms with E-state index < -0.39 is 0 Å². The Bertz CT molecular complexity index is 652. The molecule has 1 aliphatic rings. The Morgan fingerprint density at radius 1 is 1.45 bits per heavy atom. The summed E-state index contributed by atoms with van der Waals surface area (Å²) >= 11 is 9.10. The third-order valence-corrected chi connectivity index (χ3v) is 4.29. The molecular weight excluding hydrogens is 342 g/mol. The van der Waals surface area contributed by atoms with Crippen LogP contribution in [0, 0.1) is 0 Å². The first-order valence-corrected chi connectivity index (χ1v) is 7.27. The zero-order valence-electron chi connectivity index (χ0n) is 10.4. The summed E-state index contributed by atoms with van der Waals surface area (Å²) in [6.45, 7) is 0. The normalized spacial score (nSPS) is 16.4. The van der Waals surface area contributed by atoms with E-state index in [0.717, 1.165) is 11.3 Å². The van der Waals surface area contributed by atoms with Crippen molar-refractivity contribution in [3.63, 3.8) is 0 Å². The van der Waals surface area contributed by atoms with Crippen LogP contribution >= 0.6 is 27.5 Å². The number of anilines is 2. The molecule has 2 N–H and O–H groups in total. The van der Waals surface area contributed by atoms with Crippen LogP contribution in [0.3, 0.4) is 0 Å². The van der Waals surface area contributed by atoms with Crippen molar-refractivity contribution in [3.05, 3.63) is 51.7 Å². The molecule has 0 radical (unpaired) electrons. The van der Waals surface area contributed by atoms with Crippen molar-refractivity contribution in [1.29, 1.82) is 0 Å². The van der Waals surface area contributed by atoms with Gasteiger partial charge in [-0.15, -0.1) is 0 Å². The minimum absolute atomic E-state index is 0.0859. The molecule has 20 heavy (non-hydrogen) atoms. The van der Waals surface area contributed by atoms with Crippen LogP contribution in [-0.2, 0) is 11.2 Å². The maximum Gasteiger partial charge on any atom is 0.247 e. The van der Waals surface area contributed by atoms with Gasteiger partial charge in [-0.1, -0.05) is 29.8 Å². The Hall–Kier alpha value is -1.59. The van der Waals surface area contributed by atoms with Crippen LogP contribution in [0.25, 0.3) is 0 Å². The molecule has 1 atom stereocenters. The Balaban J connectivity index is 1.71. The van der Waals surface area contributed by atoms with Gasteiger partial charge in [0.15, 0.2) is 0 Å².